The number of rotatable bonds is 12. The lowest BCUT2D eigenvalue weighted by Gasteiger charge is -2.15. The van der Waals surface area contributed by atoms with Crippen LogP contribution in [0, 0.1) is 0 Å². The lowest BCUT2D eigenvalue weighted by molar-refractivity contribution is 0.0698. The maximum Gasteiger partial charge on any atom is 0.191 e. The zero-order valence-electron chi connectivity index (χ0n) is 15.5. The van der Waals surface area contributed by atoms with Crippen molar-refractivity contribution in [1.82, 2.24) is 10.6 Å². The lowest BCUT2D eigenvalue weighted by Crippen LogP contribution is -2.38. The van der Waals surface area contributed by atoms with Crippen molar-refractivity contribution in [2.75, 3.05) is 46.6 Å². The van der Waals surface area contributed by atoms with E-state index in [-0.39, 0.29) is 30.1 Å². The summed E-state index contributed by atoms with van der Waals surface area (Å²) in [5.41, 5.74) is 0. The third-order valence-corrected chi connectivity index (χ3v) is 3.12. The number of halogens is 1. The average Bonchev–Trinajstić information content (AvgIpc) is 2.59. The summed E-state index contributed by atoms with van der Waals surface area (Å²) < 4.78 is 16.2. The molecule has 1 rings (SSSR count). The Morgan fingerprint density at radius 3 is 2.56 bits per heavy atom. The molecule has 25 heavy (non-hydrogen) atoms. The summed E-state index contributed by atoms with van der Waals surface area (Å²) in [5.74, 6) is 1.67. The van der Waals surface area contributed by atoms with Gasteiger partial charge in [-0.05, 0) is 32.4 Å². The number of guanidine groups is 1. The molecule has 0 saturated heterocycles. The second kappa shape index (κ2) is 16.4. The second-order valence-electron chi connectivity index (χ2n) is 5.35. The van der Waals surface area contributed by atoms with E-state index in [0.29, 0.717) is 26.4 Å². The van der Waals surface area contributed by atoms with Crippen LogP contribution in [0.2, 0.25) is 0 Å². The van der Waals surface area contributed by atoms with E-state index < -0.39 is 0 Å². The topological polar surface area (TPSA) is 64.1 Å². The summed E-state index contributed by atoms with van der Waals surface area (Å²) in [6, 6.07) is 9.81. The minimum absolute atomic E-state index is 0. The highest BCUT2D eigenvalue weighted by atomic mass is 127. The number of methoxy groups -OCH3 is 1. The number of ether oxygens (including phenoxy) is 3. The van der Waals surface area contributed by atoms with Crippen molar-refractivity contribution in [2.24, 2.45) is 4.99 Å². The molecule has 2 N–H and O–H groups in total. The summed E-state index contributed by atoms with van der Waals surface area (Å²) in [4.78, 5) is 4.57. The molecule has 1 aromatic carbocycles. The number of hydrogen-bond donors (Lipinski definition) is 2. The van der Waals surface area contributed by atoms with Gasteiger partial charge in [-0.25, -0.2) is 4.99 Å². The van der Waals surface area contributed by atoms with E-state index in [0.717, 1.165) is 31.2 Å². The van der Waals surface area contributed by atoms with Crippen LogP contribution in [0.3, 0.4) is 0 Å². The van der Waals surface area contributed by atoms with Gasteiger partial charge in [-0.3, -0.25) is 0 Å². The van der Waals surface area contributed by atoms with Crippen molar-refractivity contribution in [3.05, 3.63) is 30.3 Å². The van der Waals surface area contributed by atoms with Crippen LogP contribution in [0.15, 0.2) is 35.3 Å². The van der Waals surface area contributed by atoms with Crippen molar-refractivity contribution >= 4 is 29.9 Å². The van der Waals surface area contributed by atoms with E-state index in [2.05, 4.69) is 22.5 Å². The number of benzene rings is 1. The molecule has 0 radical (unpaired) electrons. The van der Waals surface area contributed by atoms with Crippen molar-refractivity contribution in [2.45, 2.75) is 26.4 Å². The number of nitrogens with one attached hydrogen (secondary N) is 2. The van der Waals surface area contributed by atoms with Gasteiger partial charge in [0.05, 0.1) is 19.8 Å². The van der Waals surface area contributed by atoms with Crippen LogP contribution in [0.25, 0.3) is 0 Å². The fourth-order valence-electron chi connectivity index (χ4n) is 1.96. The Morgan fingerprint density at radius 2 is 1.88 bits per heavy atom. The molecule has 7 heteroatoms. The van der Waals surface area contributed by atoms with Crippen LogP contribution in [0.5, 0.6) is 5.75 Å². The van der Waals surface area contributed by atoms with Gasteiger partial charge in [-0.2, -0.15) is 0 Å². The van der Waals surface area contributed by atoms with E-state index >= 15 is 0 Å². The molecule has 0 aliphatic heterocycles. The second-order valence-corrected chi connectivity index (χ2v) is 5.35. The van der Waals surface area contributed by atoms with Gasteiger partial charge in [0, 0.05) is 26.8 Å². The van der Waals surface area contributed by atoms with Crippen LogP contribution in [0.4, 0.5) is 0 Å². The summed E-state index contributed by atoms with van der Waals surface area (Å²) in [6.45, 7) is 8.28. The van der Waals surface area contributed by atoms with Gasteiger partial charge in [0.15, 0.2) is 5.96 Å². The van der Waals surface area contributed by atoms with Crippen molar-refractivity contribution in [3.8, 4) is 5.75 Å². The first-order valence-corrected chi connectivity index (χ1v) is 8.56. The summed E-state index contributed by atoms with van der Waals surface area (Å²) in [5, 5.41) is 6.54. The Balaban J connectivity index is 0.00000576. The summed E-state index contributed by atoms with van der Waals surface area (Å²) in [6.07, 6.45) is 0.935. The molecule has 0 spiro atoms. The molecule has 0 heterocycles. The van der Waals surface area contributed by atoms with Gasteiger partial charge >= 0.3 is 0 Å². The molecular weight excluding hydrogens is 433 g/mol. The highest BCUT2D eigenvalue weighted by molar-refractivity contribution is 14.0. The van der Waals surface area contributed by atoms with Gasteiger partial charge in [0.25, 0.3) is 0 Å². The maximum absolute atomic E-state index is 5.83. The molecular formula is C18H32IN3O3. The predicted octanol–water partition coefficient (Wildman–Crippen LogP) is 2.68. The molecule has 0 aromatic heterocycles. The highest BCUT2D eigenvalue weighted by Crippen LogP contribution is 2.10. The number of nitrogens with zero attached hydrogens (tertiary/aromatic N) is 1. The van der Waals surface area contributed by atoms with E-state index in [1.807, 2.05) is 37.3 Å². The van der Waals surface area contributed by atoms with E-state index in [1.165, 1.54) is 0 Å². The summed E-state index contributed by atoms with van der Waals surface area (Å²) in [7, 11) is 1.67. The molecule has 6 nitrogen and oxygen atoms in total. The first-order chi connectivity index (χ1) is 11.8. The number of aliphatic imine (C=N–C) groups is 1. The zero-order valence-corrected chi connectivity index (χ0v) is 17.8. The Kier molecular flexibility index (Phi) is 15.7. The van der Waals surface area contributed by atoms with Crippen molar-refractivity contribution in [1.29, 1.82) is 0 Å². The smallest absolute Gasteiger partial charge is 0.191 e. The Bertz CT molecular complexity index is 446. The highest BCUT2D eigenvalue weighted by Gasteiger charge is 2.04. The van der Waals surface area contributed by atoms with Gasteiger partial charge in [-0.1, -0.05) is 18.2 Å². The largest absolute Gasteiger partial charge is 0.489 e. The van der Waals surface area contributed by atoms with Gasteiger partial charge < -0.3 is 24.8 Å². The molecule has 0 saturated carbocycles. The molecule has 0 aliphatic carbocycles. The van der Waals surface area contributed by atoms with Gasteiger partial charge in [-0.15, -0.1) is 24.0 Å². The Morgan fingerprint density at radius 1 is 1.12 bits per heavy atom. The predicted molar refractivity (Wildman–Crippen MR) is 113 cm³/mol. The molecule has 144 valence electrons. The van der Waals surface area contributed by atoms with Crippen molar-refractivity contribution in [3.63, 3.8) is 0 Å². The normalized spacial score (nSPS) is 12.2. The fraction of sp³-hybridized carbons (Fsp3) is 0.611. The number of hydrogen-bond acceptors (Lipinski definition) is 4. The number of para-hydroxylation sites is 1. The van der Waals surface area contributed by atoms with Gasteiger partial charge in [0.2, 0.25) is 0 Å². The zero-order chi connectivity index (χ0) is 17.5. The van der Waals surface area contributed by atoms with Crippen LogP contribution in [0.1, 0.15) is 20.3 Å². The van der Waals surface area contributed by atoms with Crippen LogP contribution >= 0.6 is 24.0 Å². The first-order valence-electron chi connectivity index (χ1n) is 8.56. The van der Waals surface area contributed by atoms with E-state index in [1.54, 1.807) is 7.11 Å². The minimum Gasteiger partial charge on any atom is -0.489 e. The van der Waals surface area contributed by atoms with Crippen molar-refractivity contribution < 1.29 is 14.2 Å². The molecule has 0 aliphatic rings. The Labute approximate surface area is 168 Å². The Hall–Kier alpha value is -1.06. The average molecular weight is 465 g/mol. The van der Waals surface area contributed by atoms with E-state index in [4.69, 9.17) is 14.2 Å². The first kappa shape index (κ1) is 23.9. The molecule has 0 amide bonds. The molecule has 0 bridgehead atoms. The molecule has 1 unspecified atom stereocenters. The van der Waals surface area contributed by atoms with Crippen LogP contribution < -0.4 is 15.4 Å². The SMILES string of the molecule is CCNC(=NCC(C)Oc1ccccc1)NCCCOCCOC.I. The fourth-order valence-corrected chi connectivity index (χ4v) is 1.96. The molecule has 1 aromatic rings. The lowest BCUT2D eigenvalue weighted by atomic mass is 10.3. The minimum atomic E-state index is 0. The molecule has 0 fully saturated rings. The third kappa shape index (κ3) is 12.9. The standard InChI is InChI=1S/C18H31N3O3.HI/c1-4-19-18(20-11-8-12-23-14-13-22-3)21-15-16(2)24-17-9-6-5-7-10-17;/h5-7,9-10,16H,4,8,11-15H2,1-3H3,(H2,19,20,21);1H. The monoisotopic (exact) mass is 465 g/mol. The third-order valence-electron chi connectivity index (χ3n) is 3.12. The van der Waals surface area contributed by atoms with Gasteiger partial charge in [0.1, 0.15) is 11.9 Å². The maximum atomic E-state index is 5.83. The van der Waals surface area contributed by atoms with Crippen LogP contribution in [-0.4, -0.2) is 58.6 Å². The summed E-state index contributed by atoms with van der Waals surface area (Å²) >= 11 is 0. The van der Waals surface area contributed by atoms with Crippen LogP contribution in [-0.2, 0) is 9.47 Å². The quantitative estimate of drug-likeness (QED) is 0.215. The van der Waals surface area contributed by atoms with E-state index in [9.17, 15) is 0 Å². The molecule has 1 atom stereocenters.